The van der Waals surface area contributed by atoms with Crippen LogP contribution in [0, 0.1) is 0 Å². The minimum absolute atomic E-state index is 0. The Labute approximate surface area is 168 Å². The number of nitrogens with zero attached hydrogens (tertiary/aromatic N) is 1. The molecular formula is C23H42BrN. The fraction of sp³-hybridized carbons (Fsp3) is 0.739. The molecule has 1 rings (SSSR count). The van der Waals surface area contributed by atoms with Crippen molar-refractivity contribution in [3.05, 3.63) is 35.9 Å². The molecule has 0 spiro atoms. The van der Waals surface area contributed by atoms with E-state index in [1.165, 1.54) is 81.9 Å². The maximum absolute atomic E-state index is 2.39. The van der Waals surface area contributed by atoms with Gasteiger partial charge in [-0.25, -0.2) is 0 Å². The summed E-state index contributed by atoms with van der Waals surface area (Å²) in [6.07, 6.45) is 12.0. The third-order valence-electron chi connectivity index (χ3n) is 5.55. The molecule has 25 heavy (non-hydrogen) atoms. The van der Waals surface area contributed by atoms with Gasteiger partial charge in [0.1, 0.15) is 6.04 Å². The summed E-state index contributed by atoms with van der Waals surface area (Å²) in [6, 6.07) is 12.1. The molecule has 0 aromatic heterocycles. The first-order valence-electron chi connectivity index (χ1n) is 10.6. The molecule has 0 amide bonds. The average Bonchev–Trinajstić information content (AvgIpc) is 2.63. The van der Waals surface area contributed by atoms with Crippen LogP contribution in [0.4, 0.5) is 0 Å². The maximum Gasteiger partial charge on any atom is 0.115 e. The number of hydrogen-bond donors (Lipinski definition) is 0. The second kappa shape index (κ2) is 14.8. The summed E-state index contributed by atoms with van der Waals surface area (Å²) < 4.78 is 1.33. The minimum Gasteiger partial charge on any atom is -1.00 e. The molecule has 0 aliphatic heterocycles. The van der Waals surface area contributed by atoms with Crippen LogP contribution >= 0.6 is 0 Å². The lowest BCUT2D eigenvalue weighted by molar-refractivity contribution is -0.958. The fourth-order valence-electron chi connectivity index (χ4n) is 4.05. The Hall–Kier alpha value is -0.340. The molecule has 0 radical (unpaired) electrons. The van der Waals surface area contributed by atoms with Gasteiger partial charge >= 0.3 is 0 Å². The molecular weight excluding hydrogens is 370 g/mol. The van der Waals surface area contributed by atoms with Crippen LogP contribution in [0.1, 0.15) is 97.1 Å². The molecule has 0 saturated heterocycles. The van der Waals surface area contributed by atoms with Crippen molar-refractivity contribution in [1.82, 2.24) is 0 Å². The molecule has 1 nitrogen and oxygen atoms in total. The zero-order chi connectivity index (χ0) is 17.7. The zero-order valence-electron chi connectivity index (χ0n) is 17.3. The van der Waals surface area contributed by atoms with Crippen molar-refractivity contribution < 1.29 is 21.5 Å². The van der Waals surface area contributed by atoms with Gasteiger partial charge in [0.2, 0.25) is 0 Å². The average molecular weight is 413 g/mol. The second-order valence-corrected chi connectivity index (χ2v) is 7.52. The Morgan fingerprint density at radius 3 is 1.52 bits per heavy atom. The van der Waals surface area contributed by atoms with E-state index in [-0.39, 0.29) is 17.0 Å². The molecule has 0 aliphatic rings. The Kier molecular flexibility index (Phi) is 14.6. The summed E-state index contributed by atoms with van der Waals surface area (Å²) in [4.78, 5) is 0. The first kappa shape index (κ1) is 24.7. The van der Waals surface area contributed by atoms with Crippen molar-refractivity contribution in [2.75, 3.05) is 19.6 Å². The lowest BCUT2D eigenvalue weighted by Gasteiger charge is -2.46. The van der Waals surface area contributed by atoms with Gasteiger partial charge in [-0.2, -0.15) is 0 Å². The number of benzene rings is 1. The van der Waals surface area contributed by atoms with Crippen LogP contribution in [0.2, 0.25) is 0 Å². The fourth-order valence-corrected chi connectivity index (χ4v) is 4.05. The van der Waals surface area contributed by atoms with Gasteiger partial charge in [0.05, 0.1) is 19.6 Å². The highest BCUT2D eigenvalue weighted by atomic mass is 79.9. The zero-order valence-corrected chi connectivity index (χ0v) is 18.9. The van der Waals surface area contributed by atoms with Gasteiger partial charge < -0.3 is 21.5 Å². The Morgan fingerprint density at radius 1 is 0.680 bits per heavy atom. The number of quaternary nitrogens is 1. The quantitative estimate of drug-likeness (QED) is 0.403. The van der Waals surface area contributed by atoms with Crippen molar-refractivity contribution >= 4 is 0 Å². The highest BCUT2D eigenvalue weighted by Crippen LogP contribution is 2.35. The largest absolute Gasteiger partial charge is 1.00 e. The predicted molar refractivity (Wildman–Crippen MR) is 108 cm³/mol. The number of halogens is 1. The van der Waals surface area contributed by atoms with Crippen molar-refractivity contribution in [1.29, 1.82) is 0 Å². The van der Waals surface area contributed by atoms with E-state index in [2.05, 4.69) is 58.0 Å². The highest BCUT2D eigenvalue weighted by molar-refractivity contribution is 5.17. The molecule has 0 fully saturated rings. The number of rotatable bonds is 14. The van der Waals surface area contributed by atoms with E-state index >= 15 is 0 Å². The van der Waals surface area contributed by atoms with Crippen molar-refractivity contribution in [2.24, 2.45) is 0 Å². The highest BCUT2D eigenvalue weighted by Gasteiger charge is 2.36. The Morgan fingerprint density at radius 2 is 1.12 bits per heavy atom. The van der Waals surface area contributed by atoms with E-state index in [1.54, 1.807) is 5.56 Å². The summed E-state index contributed by atoms with van der Waals surface area (Å²) in [6.45, 7) is 13.5. The van der Waals surface area contributed by atoms with Gasteiger partial charge in [-0.05, 0) is 25.7 Å². The molecule has 1 atom stereocenters. The molecule has 0 bridgehead atoms. The minimum atomic E-state index is 0. The van der Waals surface area contributed by atoms with Gasteiger partial charge in [-0.1, -0.05) is 83.7 Å². The standard InChI is InChI=1S/C23H42N.BrH/c1-5-9-18-23(22-16-14-13-15-17-22)24(19-10-6-2,20-11-7-3)21-12-8-4;/h13-17,23H,5-12,18-21H2,1-4H3;1H/q+1;/p-1. The molecule has 1 unspecified atom stereocenters. The smallest absolute Gasteiger partial charge is 0.115 e. The third kappa shape index (κ3) is 8.26. The molecule has 1 aromatic rings. The summed E-state index contributed by atoms with van der Waals surface area (Å²) in [5, 5.41) is 0. The lowest BCUT2D eigenvalue weighted by Crippen LogP contribution is -3.00. The third-order valence-corrected chi connectivity index (χ3v) is 5.55. The summed E-state index contributed by atoms with van der Waals surface area (Å²) in [5.41, 5.74) is 1.58. The number of unbranched alkanes of at least 4 members (excludes halogenated alkanes) is 4. The van der Waals surface area contributed by atoms with E-state index in [4.69, 9.17) is 0 Å². The van der Waals surface area contributed by atoms with E-state index in [0.29, 0.717) is 6.04 Å². The van der Waals surface area contributed by atoms with E-state index in [0.717, 1.165) is 0 Å². The Bertz CT molecular complexity index is 382. The van der Waals surface area contributed by atoms with Crippen LogP contribution in [0.5, 0.6) is 0 Å². The van der Waals surface area contributed by atoms with Crippen molar-refractivity contribution in [3.8, 4) is 0 Å². The predicted octanol–water partition coefficient (Wildman–Crippen LogP) is 4.14. The second-order valence-electron chi connectivity index (χ2n) is 7.52. The molecule has 0 saturated carbocycles. The first-order chi connectivity index (χ1) is 11.7. The van der Waals surface area contributed by atoms with Crippen LogP contribution in [-0.4, -0.2) is 24.1 Å². The monoisotopic (exact) mass is 411 g/mol. The SMILES string of the molecule is CCCCC(c1ccccc1)[N+](CCCC)(CCCC)CCCC.[Br-]. The van der Waals surface area contributed by atoms with Crippen LogP contribution in [0.15, 0.2) is 30.3 Å². The van der Waals surface area contributed by atoms with Crippen molar-refractivity contribution in [2.45, 2.75) is 91.5 Å². The van der Waals surface area contributed by atoms with Crippen LogP contribution < -0.4 is 17.0 Å². The lowest BCUT2D eigenvalue weighted by atomic mass is 9.94. The van der Waals surface area contributed by atoms with Crippen molar-refractivity contribution in [3.63, 3.8) is 0 Å². The normalized spacial score (nSPS) is 12.6. The van der Waals surface area contributed by atoms with E-state index in [9.17, 15) is 0 Å². The topological polar surface area (TPSA) is 0 Å². The summed E-state index contributed by atoms with van der Waals surface area (Å²) in [7, 11) is 0. The van der Waals surface area contributed by atoms with Crippen LogP contribution in [0.25, 0.3) is 0 Å². The molecule has 0 N–H and O–H groups in total. The van der Waals surface area contributed by atoms with E-state index < -0.39 is 0 Å². The maximum atomic E-state index is 2.39. The number of hydrogen-bond acceptors (Lipinski definition) is 0. The first-order valence-corrected chi connectivity index (χ1v) is 10.6. The molecule has 2 heteroatoms. The van der Waals surface area contributed by atoms with Gasteiger partial charge in [0.15, 0.2) is 0 Å². The molecule has 0 aliphatic carbocycles. The van der Waals surface area contributed by atoms with E-state index in [1.807, 2.05) is 0 Å². The van der Waals surface area contributed by atoms with Gasteiger partial charge in [-0.3, -0.25) is 0 Å². The summed E-state index contributed by atoms with van der Waals surface area (Å²) >= 11 is 0. The van der Waals surface area contributed by atoms with Gasteiger partial charge in [0, 0.05) is 12.0 Å². The van der Waals surface area contributed by atoms with Gasteiger partial charge in [-0.15, -0.1) is 0 Å². The molecule has 0 heterocycles. The van der Waals surface area contributed by atoms with Crippen LogP contribution in [-0.2, 0) is 0 Å². The molecule has 146 valence electrons. The Balaban J connectivity index is 0.00000576. The van der Waals surface area contributed by atoms with Gasteiger partial charge in [0.25, 0.3) is 0 Å². The summed E-state index contributed by atoms with van der Waals surface area (Å²) in [5.74, 6) is 0. The van der Waals surface area contributed by atoms with Crippen LogP contribution in [0.3, 0.4) is 0 Å². The molecule has 1 aromatic carbocycles.